The van der Waals surface area contributed by atoms with Crippen LogP contribution < -0.4 is 14.2 Å². The molecule has 2 atom stereocenters. The van der Waals surface area contributed by atoms with Gasteiger partial charge in [0.15, 0.2) is 0 Å². The molecule has 164 valence electrons. The second-order valence-corrected chi connectivity index (χ2v) is 8.50. The number of benzene rings is 3. The third-order valence-corrected chi connectivity index (χ3v) is 6.51. The standard InChI is InChI=1S/C27H26O5/c1-16-6-7-18(30-2)13-24(16)21-4-3-5-23-22(21)10-11-25(23)32-19-8-9-20-17(12-27(28)29)15-31-26(20)14-19/h3-9,13-14,17,25H,10-12,15H2,1-2H3,(H,28,29)/t17?,25-/m1/s1. The molecule has 1 aliphatic carbocycles. The van der Waals surface area contributed by atoms with E-state index in [1.54, 1.807) is 7.11 Å². The highest BCUT2D eigenvalue weighted by Crippen LogP contribution is 2.43. The molecule has 1 aliphatic heterocycles. The number of hydrogen-bond donors (Lipinski definition) is 1. The molecule has 0 amide bonds. The smallest absolute Gasteiger partial charge is 0.304 e. The van der Waals surface area contributed by atoms with Crippen molar-refractivity contribution >= 4 is 5.97 Å². The fraction of sp³-hybridized carbons (Fsp3) is 0.296. The molecule has 5 rings (SSSR count). The van der Waals surface area contributed by atoms with Crippen LogP contribution >= 0.6 is 0 Å². The van der Waals surface area contributed by atoms with Crippen LogP contribution in [0.3, 0.4) is 0 Å². The minimum absolute atomic E-state index is 0.0230. The van der Waals surface area contributed by atoms with Gasteiger partial charge in [-0.2, -0.15) is 0 Å². The van der Waals surface area contributed by atoms with Crippen molar-refractivity contribution in [3.63, 3.8) is 0 Å². The van der Waals surface area contributed by atoms with Crippen LogP contribution in [0.1, 0.15) is 47.1 Å². The summed E-state index contributed by atoms with van der Waals surface area (Å²) in [6, 6.07) is 18.4. The minimum atomic E-state index is -0.809. The van der Waals surface area contributed by atoms with Crippen molar-refractivity contribution in [2.24, 2.45) is 0 Å². The van der Waals surface area contributed by atoms with Gasteiger partial charge in [-0.3, -0.25) is 4.79 Å². The first kappa shape index (κ1) is 20.4. The highest BCUT2D eigenvalue weighted by atomic mass is 16.5. The Kier molecular flexibility index (Phi) is 5.25. The topological polar surface area (TPSA) is 65.0 Å². The van der Waals surface area contributed by atoms with Crippen LogP contribution in [0, 0.1) is 6.92 Å². The normalized spacial score (nSPS) is 18.6. The molecule has 2 aliphatic rings. The van der Waals surface area contributed by atoms with Gasteiger partial charge in [-0.15, -0.1) is 0 Å². The fourth-order valence-electron chi connectivity index (χ4n) is 4.88. The van der Waals surface area contributed by atoms with Crippen LogP contribution in [0.4, 0.5) is 0 Å². The Balaban J connectivity index is 1.41. The van der Waals surface area contributed by atoms with Crippen molar-refractivity contribution in [3.05, 3.63) is 76.9 Å². The Morgan fingerprint density at radius 1 is 1.06 bits per heavy atom. The number of ether oxygens (including phenoxy) is 3. The molecule has 1 heterocycles. The molecule has 0 aromatic heterocycles. The van der Waals surface area contributed by atoms with Gasteiger partial charge in [0, 0.05) is 17.5 Å². The second-order valence-electron chi connectivity index (χ2n) is 8.50. The maximum Gasteiger partial charge on any atom is 0.304 e. The van der Waals surface area contributed by atoms with Gasteiger partial charge in [0.25, 0.3) is 0 Å². The van der Waals surface area contributed by atoms with Gasteiger partial charge in [0.2, 0.25) is 0 Å². The van der Waals surface area contributed by atoms with E-state index in [9.17, 15) is 4.79 Å². The number of carboxylic acids is 1. The Morgan fingerprint density at radius 2 is 1.91 bits per heavy atom. The van der Waals surface area contributed by atoms with Crippen LogP contribution in [0.15, 0.2) is 54.6 Å². The third kappa shape index (κ3) is 3.68. The molecule has 5 heteroatoms. The van der Waals surface area contributed by atoms with Crippen molar-refractivity contribution in [2.75, 3.05) is 13.7 Å². The summed E-state index contributed by atoms with van der Waals surface area (Å²) in [6.45, 7) is 2.53. The highest BCUT2D eigenvalue weighted by Gasteiger charge is 2.29. The first-order chi connectivity index (χ1) is 15.5. The van der Waals surface area contributed by atoms with Crippen LogP contribution in [0.2, 0.25) is 0 Å². The van der Waals surface area contributed by atoms with Crippen LogP contribution in [-0.2, 0) is 11.2 Å². The molecular weight excluding hydrogens is 404 g/mol. The zero-order chi connectivity index (χ0) is 22.2. The average molecular weight is 431 g/mol. The first-order valence-corrected chi connectivity index (χ1v) is 11.0. The van der Waals surface area contributed by atoms with Crippen molar-refractivity contribution in [2.45, 2.75) is 38.2 Å². The van der Waals surface area contributed by atoms with Crippen LogP contribution in [0.5, 0.6) is 17.2 Å². The molecule has 3 aromatic rings. The first-order valence-electron chi connectivity index (χ1n) is 11.0. The summed E-state index contributed by atoms with van der Waals surface area (Å²) in [7, 11) is 1.69. The molecule has 0 fully saturated rings. The molecule has 1 unspecified atom stereocenters. The third-order valence-electron chi connectivity index (χ3n) is 6.51. The number of aliphatic carboxylic acids is 1. The van der Waals surface area contributed by atoms with Gasteiger partial charge in [-0.05, 0) is 65.8 Å². The number of fused-ring (bicyclic) bond motifs is 2. The molecule has 5 nitrogen and oxygen atoms in total. The zero-order valence-corrected chi connectivity index (χ0v) is 18.3. The number of aryl methyl sites for hydroxylation is 1. The average Bonchev–Trinajstić information content (AvgIpc) is 3.38. The lowest BCUT2D eigenvalue weighted by molar-refractivity contribution is -0.137. The van der Waals surface area contributed by atoms with E-state index in [4.69, 9.17) is 19.3 Å². The SMILES string of the molecule is COc1ccc(C)c(-c2cccc3c2CC[C@H]3Oc2ccc3c(c2)OCC3CC(=O)O)c1. The fourth-order valence-corrected chi connectivity index (χ4v) is 4.88. The van der Waals surface area contributed by atoms with E-state index in [1.807, 2.05) is 24.3 Å². The van der Waals surface area contributed by atoms with Crippen LogP contribution in [0.25, 0.3) is 11.1 Å². The van der Waals surface area contributed by atoms with Gasteiger partial charge in [0.05, 0.1) is 20.1 Å². The number of rotatable bonds is 6. The number of hydrogen-bond acceptors (Lipinski definition) is 4. The summed E-state index contributed by atoms with van der Waals surface area (Å²) in [5, 5.41) is 9.10. The van der Waals surface area contributed by atoms with E-state index in [2.05, 4.69) is 37.3 Å². The molecule has 0 spiro atoms. The predicted molar refractivity (Wildman–Crippen MR) is 122 cm³/mol. The number of carboxylic acid groups (broad SMARTS) is 1. The van der Waals surface area contributed by atoms with E-state index in [1.165, 1.54) is 27.8 Å². The number of carbonyl (C=O) groups is 1. The quantitative estimate of drug-likeness (QED) is 0.544. The summed E-state index contributed by atoms with van der Waals surface area (Å²) < 4.78 is 17.6. The van der Waals surface area contributed by atoms with E-state index in [-0.39, 0.29) is 18.4 Å². The summed E-state index contributed by atoms with van der Waals surface area (Å²) in [6.07, 6.45) is 1.92. The summed E-state index contributed by atoms with van der Waals surface area (Å²) in [5.74, 6) is 1.43. The largest absolute Gasteiger partial charge is 0.497 e. The van der Waals surface area contributed by atoms with E-state index in [0.29, 0.717) is 6.61 Å². The maximum atomic E-state index is 11.1. The van der Waals surface area contributed by atoms with Gasteiger partial charge in [-0.1, -0.05) is 30.3 Å². The minimum Gasteiger partial charge on any atom is -0.497 e. The van der Waals surface area contributed by atoms with Crippen molar-refractivity contribution in [3.8, 4) is 28.4 Å². The lowest BCUT2D eigenvalue weighted by Gasteiger charge is -2.17. The van der Waals surface area contributed by atoms with Crippen molar-refractivity contribution in [1.82, 2.24) is 0 Å². The molecule has 1 N–H and O–H groups in total. The van der Waals surface area contributed by atoms with E-state index < -0.39 is 5.97 Å². The van der Waals surface area contributed by atoms with Crippen molar-refractivity contribution in [1.29, 1.82) is 0 Å². The highest BCUT2D eigenvalue weighted by molar-refractivity contribution is 5.74. The summed E-state index contributed by atoms with van der Waals surface area (Å²) in [5.41, 5.74) is 7.14. The summed E-state index contributed by atoms with van der Waals surface area (Å²) >= 11 is 0. The van der Waals surface area contributed by atoms with Gasteiger partial charge >= 0.3 is 5.97 Å². The second kappa shape index (κ2) is 8.23. The molecule has 3 aromatic carbocycles. The molecule has 0 saturated heterocycles. The Morgan fingerprint density at radius 3 is 2.72 bits per heavy atom. The molecule has 32 heavy (non-hydrogen) atoms. The predicted octanol–water partition coefficient (Wildman–Crippen LogP) is 5.69. The molecule has 0 radical (unpaired) electrons. The van der Waals surface area contributed by atoms with E-state index >= 15 is 0 Å². The Bertz CT molecular complexity index is 1180. The molecular formula is C27H26O5. The van der Waals surface area contributed by atoms with Gasteiger partial charge < -0.3 is 19.3 Å². The van der Waals surface area contributed by atoms with Crippen LogP contribution in [-0.4, -0.2) is 24.8 Å². The summed E-state index contributed by atoms with van der Waals surface area (Å²) in [4.78, 5) is 11.1. The number of methoxy groups -OCH3 is 1. The Hall–Kier alpha value is -3.47. The maximum absolute atomic E-state index is 11.1. The molecule has 0 bridgehead atoms. The van der Waals surface area contributed by atoms with Gasteiger partial charge in [0.1, 0.15) is 23.4 Å². The van der Waals surface area contributed by atoms with E-state index in [0.717, 1.165) is 35.7 Å². The monoisotopic (exact) mass is 430 g/mol. The lowest BCUT2D eigenvalue weighted by atomic mass is 9.93. The Labute approximate surface area is 187 Å². The van der Waals surface area contributed by atoms with Gasteiger partial charge in [-0.25, -0.2) is 0 Å². The molecule has 0 saturated carbocycles. The zero-order valence-electron chi connectivity index (χ0n) is 18.3. The van der Waals surface area contributed by atoms with Crippen molar-refractivity contribution < 1.29 is 24.1 Å². The lowest BCUT2D eigenvalue weighted by Crippen LogP contribution is -2.07.